The van der Waals surface area contributed by atoms with E-state index in [1.807, 2.05) is 0 Å². The van der Waals surface area contributed by atoms with Crippen LogP contribution in [0.2, 0.25) is 0 Å². The van der Waals surface area contributed by atoms with E-state index >= 15 is 0 Å². The molecule has 0 saturated heterocycles. The van der Waals surface area contributed by atoms with Crippen molar-refractivity contribution in [1.82, 2.24) is 0 Å². The molecule has 0 amide bonds. The van der Waals surface area contributed by atoms with E-state index in [9.17, 15) is 23.8 Å². The van der Waals surface area contributed by atoms with Crippen molar-refractivity contribution >= 4 is 11.7 Å². The lowest BCUT2D eigenvalue weighted by molar-refractivity contribution is 0.0690. The van der Waals surface area contributed by atoms with Crippen LogP contribution in [0, 0.1) is 11.6 Å². The number of benzene rings is 1. The van der Waals surface area contributed by atoms with Gasteiger partial charge < -0.3 is 20.6 Å². The van der Waals surface area contributed by atoms with Gasteiger partial charge in [-0.3, -0.25) is 0 Å². The van der Waals surface area contributed by atoms with Gasteiger partial charge in [-0.15, -0.1) is 0 Å². The van der Waals surface area contributed by atoms with Crippen LogP contribution < -0.4 is 5.32 Å². The fourth-order valence-corrected chi connectivity index (χ4v) is 1.54. The van der Waals surface area contributed by atoms with Crippen molar-refractivity contribution in [3.63, 3.8) is 0 Å². The Morgan fingerprint density at radius 1 is 1.26 bits per heavy atom. The van der Waals surface area contributed by atoms with Gasteiger partial charge in [0.2, 0.25) is 0 Å². The number of aromatic carboxylic acids is 1. The van der Waals surface area contributed by atoms with Gasteiger partial charge in [0.25, 0.3) is 0 Å². The summed E-state index contributed by atoms with van der Waals surface area (Å²) in [5.41, 5.74) is -2.29. The molecule has 0 saturated carbocycles. The van der Waals surface area contributed by atoms with Gasteiger partial charge >= 0.3 is 5.97 Å². The molecule has 0 heterocycles. The molecular formula is C12H15F2NO4. The monoisotopic (exact) mass is 275 g/mol. The summed E-state index contributed by atoms with van der Waals surface area (Å²) in [4.78, 5) is 10.6. The first-order valence-electron chi connectivity index (χ1n) is 5.62. The van der Waals surface area contributed by atoms with Gasteiger partial charge in [-0.05, 0) is 18.6 Å². The molecule has 0 radical (unpaired) electrons. The number of aliphatic hydroxyl groups is 2. The van der Waals surface area contributed by atoms with Crippen LogP contribution in [0.5, 0.6) is 0 Å². The Bertz CT molecular complexity index is 467. The lowest BCUT2D eigenvalue weighted by atomic mass is 9.97. The SMILES string of the molecule is CCC(CO)(CO)Nc1ccc(C(=O)O)c(F)c1F. The minimum atomic E-state index is -1.57. The number of rotatable bonds is 6. The zero-order chi connectivity index (χ0) is 14.6. The number of anilines is 1. The number of aliphatic hydroxyl groups excluding tert-OH is 2. The second-order valence-electron chi connectivity index (χ2n) is 4.17. The van der Waals surface area contributed by atoms with Crippen LogP contribution >= 0.6 is 0 Å². The van der Waals surface area contributed by atoms with E-state index < -0.39 is 41.9 Å². The Kier molecular flexibility index (Phi) is 4.79. The van der Waals surface area contributed by atoms with E-state index in [0.717, 1.165) is 12.1 Å². The number of halogens is 2. The van der Waals surface area contributed by atoms with Crippen molar-refractivity contribution in [2.45, 2.75) is 18.9 Å². The predicted molar refractivity (Wildman–Crippen MR) is 64.1 cm³/mol. The number of carboxylic acid groups (broad SMARTS) is 1. The van der Waals surface area contributed by atoms with Crippen molar-refractivity contribution in [2.24, 2.45) is 0 Å². The smallest absolute Gasteiger partial charge is 0.338 e. The molecule has 1 rings (SSSR count). The molecule has 0 aliphatic heterocycles. The second-order valence-corrected chi connectivity index (χ2v) is 4.17. The maximum absolute atomic E-state index is 13.7. The van der Waals surface area contributed by atoms with Crippen LogP contribution in [-0.2, 0) is 0 Å². The first-order chi connectivity index (χ1) is 8.90. The summed E-state index contributed by atoms with van der Waals surface area (Å²) < 4.78 is 27.2. The third-order valence-corrected chi connectivity index (χ3v) is 2.99. The maximum atomic E-state index is 13.7. The average Bonchev–Trinajstić information content (AvgIpc) is 2.40. The molecule has 19 heavy (non-hydrogen) atoms. The third kappa shape index (κ3) is 2.99. The number of carbonyl (C=O) groups is 1. The molecule has 1 aromatic carbocycles. The fraction of sp³-hybridized carbons (Fsp3) is 0.417. The molecule has 4 N–H and O–H groups in total. The van der Waals surface area contributed by atoms with Crippen LogP contribution in [0.15, 0.2) is 12.1 Å². The molecule has 7 heteroatoms. The van der Waals surface area contributed by atoms with E-state index in [-0.39, 0.29) is 12.1 Å². The van der Waals surface area contributed by atoms with Gasteiger partial charge in [-0.25, -0.2) is 13.6 Å². The highest BCUT2D eigenvalue weighted by Gasteiger charge is 2.28. The summed E-state index contributed by atoms with van der Waals surface area (Å²) in [6.45, 7) is 0.683. The first-order valence-corrected chi connectivity index (χ1v) is 5.62. The molecule has 0 aliphatic rings. The normalized spacial score (nSPS) is 11.4. The molecule has 106 valence electrons. The molecule has 0 aromatic heterocycles. The van der Waals surface area contributed by atoms with E-state index in [1.54, 1.807) is 6.92 Å². The van der Waals surface area contributed by atoms with E-state index in [1.165, 1.54) is 0 Å². The van der Waals surface area contributed by atoms with Crippen LogP contribution in [0.3, 0.4) is 0 Å². The molecule has 1 aromatic rings. The van der Waals surface area contributed by atoms with Crippen molar-refractivity contribution in [2.75, 3.05) is 18.5 Å². The topological polar surface area (TPSA) is 89.8 Å². The zero-order valence-electron chi connectivity index (χ0n) is 10.3. The minimum absolute atomic E-state index is 0.266. The number of hydrogen-bond acceptors (Lipinski definition) is 4. The highest BCUT2D eigenvalue weighted by atomic mass is 19.2. The van der Waals surface area contributed by atoms with E-state index in [0.29, 0.717) is 0 Å². The van der Waals surface area contributed by atoms with E-state index in [2.05, 4.69) is 5.32 Å². The minimum Gasteiger partial charge on any atom is -0.478 e. The van der Waals surface area contributed by atoms with E-state index in [4.69, 9.17) is 5.11 Å². The lowest BCUT2D eigenvalue weighted by Gasteiger charge is -2.31. The maximum Gasteiger partial charge on any atom is 0.338 e. The summed E-state index contributed by atoms with van der Waals surface area (Å²) in [6.07, 6.45) is 0.266. The summed E-state index contributed by atoms with van der Waals surface area (Å²) >= 11 is 0. The zero-order valence-corrected chi connectivity index (χ0v) is 10.3. The molecule has 0 atom stereocenters. The highest BCUT2D eigenvalue weighted by Crippen LogP contribution is 2.25. The summed E-state index contributed by atoms with van der Waals surface area (Å²) in [7, 11) is 0. The van der Waals surface area contributed by atoms with Crippen molar-refractivity contribution in [3.05, 3.63) is 29.3 Å². The lowest BCUT2D eigenvalue weighted by Crippen LogP contribution is -2.45. The summed E-state index contributed by atoms with van der Waals surface area (Å²) in [5.74, 6) is -4.42. The molecule has 0 aliphatic carbocycles. The van der Waals surface area contributed by atoms with Gasteiger partial charge in [-0.1, -0.05) is 6.92 Å². The Labute approximate surface area is 108 Å². The number of hydrogen-bond donors (Lipinski definition) is 4. The molecule has 0 fully saturated rings. The third-order valence-electron chi connectivity index (χ3n) is 2.99. The predicted octanol–water partition coefficient (Wildman–Crippen LogP) is 1.21. The van der Waals surface area contributed by atoms with Gasteiger partial charge in [-0.2, -0.15) is 0 Å². The Morgan fingerprint density at radius 2 is 1.84 bits per heavy atom. The van der Waals surface area contributed by atoms with Crippen LogP contribution in [-0.4, -0.2) is 40.0 Å². The summed E-state index contributed by atoms with van der Waals surface area (Å²) in [6, 6.07) is 1.97. The Hall–Kier alpha value is -1.73. The standard InChI is InChI=1S/C12H15F2NO4/c1-2-12(5-16,6-17)15-8-4-3-7(11(18)19)9(13)10(8)14/h3-4,15-17H,2,5-6H2,1H3,(H,18,19). The van der Waals surface area contributed by atoms with Crippen molar-refractivity contribution in [3.8, 4) is 0 Å². The quantitative estimate of drug-likeness (QED) is 0.626. The van der Waals surface area contributed by atoms with Crippen LogP contribution in [0.1, 0.15) is 23.7 Å². The van der Waals surface area contributed by atoms with Gasteiger partial charge in [0, 0.05) is 0 Å². The van der Waals surface area contributed by atoms with Gasteiger partial charge in [0.05, 0.1) is 30.0 Å². The summed E-state index contributed by atoms with van der Waals surface area (Å²) in [5, 5.41) is 29.6. The molecule has 0 bridgehead atoms. The van der Waals surface area contributed by atoms with Crippen molar-refractivity contribution in [1.29, 1.82) is 0 Å². The Balaban J connectivity index is 3.16. The van der Waals surface area contributed by atoms with Crippen molar-refractivity contribution < 1.29 is 28.9 Å². The molecular weight excluding hydrogens is 260 g/mol. The largest absolute Gasteiger partial charge is 0.478 e. The number of carboxylic acids is 1. The molecule has 5 nitrogen and oxygen atoms in total. The first kappa shape index (κ1) is 15.3. The molecule has 0 spiro atoms. The molecule has 0 unspecified atom stereocenters. The number of nitrogens with one attached hydrogen (secondary N) is 1. The van der Waals surface area contributed by atoms with Crippen LogP contribution in [0.4, 0.5) is 14.5 Å². The van der Waals surface area contributed by atoms with Crippen LogP contribution in [0.25, 0.3) is 0 Å². The fourth-order valence-electron chi connectivity index (χ4n) is 1.54. The van der Waals surface area contributed by atoms with Gasteiger partial charge in [0.15, 0.2) is 11.6 Å². The van der Waals surface area contributed by atoms with Gasteiger partial charge in [0.1, 0.15) is 0 Å². The second kappa shape index (κ2) is 5.94. The highest BCUT2D eigenvalue weighted by molar-refractivity contribution is 5.88. The Morgan fingerprint density at radius 3 is 2.26 bits per heavy atom. The average molecular weight is 275 g/mol.